The van der Waals surface area contributed by atoms with Crippen LogP contribution in [0.5, 0.6) is 0 Å². The summed E-state index contributed by atoms with van der Waals surface area (Å²) in [6.45, 7) is 3.45. The fourth-order valence-corrected chi connectivity index (χ4v) is 3.70. The molecular weight excluding hydrogens is 337 g/mol. The lowest BCUT2D eigenvalue weighted by Crippen LogP contribution is -2.19. The van der Waals surface area contributed by atoms with Crippen LogP contribution in [-0.4, -0.2) is 31.5 Å². The third-order valence-electron chi connectivity index (χ3n) is 4.09. The van der Waals surface area contributed by atoms with Crippen molar-refractivity contribution >= 4 is 16.3 Å². The molecule has 0 saturated heterocycles. The van der Waals surface area contributed by atoms with Crippen molar-refractivity contribution in [2.45, 2.75) is 20.0 Å². The number of hydrogen-bond acceptors (Lipinski definition) is 4. The third kappa shape index (κ3) is 3.20. The van der Waals surface area contributed by atoms with Gasteiger partial charge in [-0.2, -0.15) is 5.10 Å². The van der Waals surface area contributed by atoms with Gasteiger partial charge in [-0.3, -0.25) is 14.4 Å². The minimum Gasteiger partial charge on any atom is -0.295 e. The second kappa shape index (κ2) is 6.42. The van der Waals surface area contributed by atoms with E-state index in [0.717, 1.165) is 46.4 Å². The lowest BCUT2D eigenvalue weighted by molar-refractivity contribution is 0.310. The molecule has 0 saturated carbocycles. The molecule has 4 aromatic rings. The maximum atomic E-state index is 13.3. The molecular formula is C18H18FN5S. The van der Waals surface area contributed by atoms with Crippen molar-refractivity contribution in [3.05, 3.63) is 64.8 Å². The summed E-state index contributed by atoms with van der Waals surface area (Å²) in [5.41, 5.74) is 4.99. The first-order chi connectivity index (χ1) is 12.1. The molecule has 1 N–H and O–H groups in total. The average Bonchev–Trinajstić information content (AvgIpc) is 3.27. The molecule has 0 aliphatic heterocycles. The summed E-state index contributed by atoms with van der Waals surface area (Å²) < 4.78 is 15.4. The molecule has 0 aliphatic rings. The number of fused-ring (bicyclic) bond motifs is 1. The number of benzene rings is 1. The molecule has 0 amide bonds. The highest BCUT2D eigenvalue weighted by Gasteiger charge is 2.17. The molecule has 25 heavy (non-hydrogen) atoms. The van der Waals surface area contributed by atoms with Crippen LogP contribution in [-0.2, 0) is 13.1 Å². The topological polar surface area (TPSA) is 49.2 Å². The molecule has 0 atom stereocenters. The van der Waals surface area contributed by atoms with E-state index >= 15 is 0 Å². The number of aromatic amines is 1. The summed E-state index contributed by atoms with van der Waals surface area (Å²) in [6.07, 6.45) is 2.03. The Hall–Kier alpha value is -2.51. The van der Waals surface area contributed by atoms with Crippen LogP contribution in [0.15, 0.2) is 41.9 Å². The first-order valence-electron chi connectivity index (χ1n) is 8.00. The number of aryl methyl sites for hydroxylation is 1. The summed E-state index contributed by atoms with van der Waals surface area (Å²) in [4.78, 5) is 7.89. The van der Waals surface area contributed by atoms with E-state index in [-0.39, 0.29) is 5.82 Å². The van der Waals surface area contributed by atoms with E-state index in [1.165, 1.54) is 12.1 Å². The van der Waals surface area contributed by atoms with Gasteiger partial charge in [0, 0.05) is 35.9 Å². The molecule has 0 spiro atoms. The Bertz CT molecular complexity index is 998. The first kappa shape index (κ1) is 16.0. The summed E-state index contributed by atoms with van der Waals surface area (Å²) in [6, 6.07) is 8.56. The Labute approximate surface area is 148 Å². The molecule has 0 aliphatic carbocycles. The maximum Gasteiger partial charge on any atom is 0.194 e. The van der Waals surface area contributed by atoms with E-state index in [9.17, 15) is 4.39 Å². The number of nitrogens with zero attached hydrogens (tertiary/aromatic N) is 4. The summed E-state index contributed by atoms with van der Waals surface area (Å²) in [5.74, 6) is -0.239. The minimum absolute atomic E-state index is 0.239. The van der Waals surface area contributed by atoms with Crippen LogP contribution in [0.1, 0.15) is 17.1 Å². The van der Waals surface area contributed by atoms with E-state index in [4.69, 9.17) is 4.98 Å². The Morgan fingerprint density at radius 3 is 2.76 bits per heavy atom. The van der Waals surface area contributed by atoms with Crippen LogP contribution in [0.4, 0.5) is 4.39 Å². The van der Waals surface area contributed by atoms with Crippen LogP contribution >= 0.6 is 11.3 Å². The van der Waals surface area contributed by atoms with Gasteiger partial charge in [0.1, 0.15) is 5.82 Å². The van der Waals surface area contributed by atoms with E-state index in [1.54, 1.807) is 23.5 Å². The van der Waals surface area contributed by atoms with Gasteiger partial charge in [0.2, 0.25) is 0 Å². The van der Waals surface area contributed by atoms with Crippen LogP contribution < -0.4 is 0 Å². The molecule has 3 aromatic heterocycles. The van der Waals surface area contributed by atoms with Gasteiger partial charge in [-0.1, -0.05) is 0 Å². The zero-order valence-corrected chi connectivity index (χ0v) is 14.8. The smallest absolute Gasteiger partial charge is 0.194 e. The van der Waals surface area contributed by atoms with Crippen molar-refractivity contribution in [2.75, 3.05) is 7.05 Å². The highest BCUT2D eigenvalue weighted by atomic mass is 32.1. The van der Waals surface area contributed by atoms with Crippen molar-refractivity contribution < 1.29 is 4.39 Å². The third-order valence-corrected chi connectivity index (χ3v) is 4.85. The van der Waals surface area contributed by atoms with Crippen molar-refractivity contribution in [1.29, 1.82) is 0 Å². The van der Waals surface area contributed by atoms with Crippen molar-refractivity contribution in [1.82, 2.24) is 24.5 Å². The molecule has 0 radical (unpaired) electrons. The van der Waals surface area contributed by atoms with Crippen LogP contribution in [0.3, 0.4) is 0 Å². The molecule has 0 unspecified atom stereocenters. The fourth-order valence-electron chi connectivity index (χ4n) is 2.97. The van der Waals surface area contributed by atoms with Gasteiger partial charge in [0.25, 0.3) is 0 Å². The van der Waals surface area contributed by atoms with E-state index in [2.05, 4.69) is 26.5 Å². The predicted molar refractivity (Wildman–Crippen MR) is 97.0 cm³/mol. The lowest BCUT2D eigenvalue weighted by Gasteiger charge is -2.16. The Kier molecular flexibility index (Phi) is 4.10. The Morgan fingerprint density at radius 1 is 1.24 bits per heavy atom. The van der Waals surface area contributed by atoms with Gasteiger partial charge in [0.15, 0.2) is 4.96 Å². The number of nitrogens with one attached hydrogen (secondary N) is 1. The van der Waals surface area contributed by atoms with Crippen molar-refractivity contribution in [3.8, 4) is 11.3 Å². The summed E-state index contributed by atoms with van der Waals surface area (Å²) in [5, 5.41) is 9.30. The fraction of sp³-hybridized carbons (Fsp3) is 0.222. The number of imidazole rings is 1. The zero-order valence-electron chi connectivity index (χ0n) is 14.0. The molecule has 3 heterocycles. The minimum atomic E-state index is -0.239. The highest BCUT2D eigenvalue weighted by molar-refractivity contribution is 7.15. The monoisotopic (exact) mass is 355 g/mol. The standard InChI is InChI=1S/C18H18FN5S/c1-12-9-15(22-21-12)10-23(2)11-16-17(13-3-5-14(19)6-4-13)20-18-24(16)7-8-25-18/h3-9H,10-11H2,1-2H3,(H,21,22). The zero-order chi connectivity index (χ0) is 17.4. The average molecular weight is 355 g/mol. The second-order valence-electron chi connectivity index (χ2n) is 6.18. The lowest BCUT2D eigenvalue weighted by atomic mass is 10.1. The number of rotatable bonds is 5. The highest BCUT2D eigenvalue weighted by Crippen LogP contribution is 2.28. The molecule has 0 fully saturated rings. The van der Waals surface area contributed by atoms with Gasteiger partial charge in [-0.25, -0.2) is 9.37 Å². The predicted octanol–water partition coefficient (Wildman–Crippen LogP) is 3.87. The molecule has 128 valence electrons. The van der Waals surface area contributed by atoms with Gasteiger partial charge < -0.3 is 0 Å². The normalized spacial score (nSPS) is 11.7. The number of H-pyrrole nitrogens is 1. The van der Waals surface area contributed by atoms with Crippen LogP contribution in [0.2, 0.25) is 0 Å². The van der Waals surface area contributed by atoms with E-state index in [1.807, 2.05) is 24.6 Å². The van der Waals surface area contributed by atoms with Crippen molar-refractivity contribution in [2.24, 2.45) is 0 Å². The van der Waals surface area contributed by atoms with Gasteiger partial charge >= 0.3 is 0 Å². The first-order valence-corrected chi connectivity index (χ1v) is 8.88. The summed E-state index contributed by atoms with van der Waals surface area (Å²) >= 11 is 1.60. The number of aromatic nitrogens is 4. The van der Waals surface area contributed by atoms with Crippen molar-refractivity contribution in [3.63, 3.8) is 0 Å². The number of hydrogen-bond donors (Lipinski definition) is 1. The van der Waals surface area contributed by atoms with Crippen LogP contribution in [0.25, 0.3) is 16.2 Å². The Balaban J connectivity index is 1.66. The Morgan fingerprint density at radius 2 is 2.04 bits per heavy atom. The van der Waals surface area contributed by atoms with Crippen LogP contribution in [0, 0.1) is 12.7 Å². The molecule has 0 bridgehead atoms. The molecule has 1 aromatic carbocycles. The van der Waals surface area contributed by atoms with Gasteiger partial charge in [0.05, 0.1) is 17.1 Å². The largest absolute Gasteiger partial charge is 0.295 e. The van der Waals surface area contributed by atoms with E-state index < -0.39 is 0 Å². The molecule has 7 heteroatoms. The SMILES string of the molecule is Cc1cc(CN(C)Cc2c(-c3ccc(F)cc3)nc3sccn23)n[nH]1. The molecule has 5 nitrogen and oxygen atoms in total. The molecule has 4 rings (SSSR count). The summed E-state index contributed by atoms with van der Waals surface area (Å²) in [7, 11) is 2.06. The second-order valence-corrected chi connectivity index (χ2v) is 7.06. The van der Waals surface area contributed by atoms with Gasteiger partial charge in [-0.15, -0.1) is 11.3 Å². The number of halogens is 1. The van der Waals surface area contributed by atoms with Gasteiger partial charge in [-0.05, 0) is 44.3 Å². The maximum absolute atomic E-state index is 13.3. The quantitative estimate of drug-likeness (QED) is 0.591. The number of thiazole rings is 1. The van der Waals surface area contributed by atoms with E-state index in [0.29, 0.717) is 0 Å².